The van der Waals surface area contributed by atoms with E-state index < -0.39 is 0 Å². The van der Waals surface area contributed by atoms with Crippen LogP contribution >= 0.6 is 11.6 Å². The highest BCUT2D eigenvalue weighted by Gasteiger charge is 2.33. The molecule has 0 spiro atoms. The Morgan fingerprint density at radius 2 is 2.00 bits per heavy atom. The van der Waals surface area contributed by atoms with Crippen LogP contribution in [0.2, 0.25) is 5.02 Å². The van der Waals surface area contributed by atoms with E-state index in [1.54, 1.807) is 0 Å². The molecule has 21 heavy (non-hydrogen) atoms. The molecule has 5 heteroatoms. The summed E-state index contributed by atoms with van der Waals surface area (Å²) >= 11 is 6.09. The first-order chi connectivity index (χ1) is 9.88. The van der Waals surface area contributed by atoms with Crippen molar-refractivity contribution in [2.75, 3.05) is 18.4 Å². The molecule has 2 rings (SSSR count). The SMILES string of the molecule is Cc1c(Cl)cccc1NC(=O)[C@@H](C)[NH+]1C[C@@H](C)O[C@@H](C)C1. The van der Waals surface area contributed by atoms with Crippen LogP contribution in [0.15, 0.2) is 18.2 Å². The number of anilines is 1. The lowest BCUT2D eigenvalue weighted by Crippen LogP contribution is -3.19. The number of hydrogen-bond donors (Lipinski definition) is 2. The maximum Gasteiger partial charge on any atom is 0.282 e. The Hall–Kier alpha value is -1.10. The van der Waals surface area contributed by atoms with Crippen LogP contribution in [0.1, 0.15) is 26.3 Å². The van der Waals surface area contributed by atoms with Gasteiger partial charge >= 0.3 is 0 Å². The Labute approximate surface area is 131 Å². The molecule has 1 fully saturated rings. The van der Waals surface area contributed by atoms with Crippen molar-refractivity contribution >= 4 is 23.2 Å². The number of quaternary nitrogens is 1. The van der Waals surface area contributed by atoms with Crippen LogP contribution in [0.3, 0.4) is 0 Å². The number of carbonyl (C=O) groups is 1. The smallest absolute Gasteiger partial charge is 0.282 e. The van der Waals surface area contributed by atoms with Gasteiger partial charge in [-0.3, -0.25) is 4.79 Å². The normalized spacial score (nSPS) is 27.2. The number of ether oxygens (including phenoxy) is 1. The number of amides is 1. The van der Waals surface area contributed by atoms with Crippen LogP contribution in [0.5, 0.6) is 0 Å². The Bertz CT molecular complexity index is 511. The molecule has 1 unspecified atom stereocenters. The van der Waals surface area contributed by atoms with E-state index in [0.717, 1.165) is 24.3 Å². The molecule has 0 aliphatic carbocycles. The predicted molar refractivity (Wildman–Crippen MR) is 85.0 cm³/mol. The lowest BCUT2D eigenvalue weighted by atomic mass is 10.1. The minimum atomic E-state index is -0.114. The highest BCUT2D eigenvalue weighted by molar-refractivity contribution is 6.31. The molecule has 116 valence electrons. The summed E-state index contributed by atoms with van der Waals surface area (Å²) in [5.74, 6) is 0.0247. The zero-order valence-electron chi connectivity index (χ0n) is 13.1. The van der Waals surface area contributed by atoms with Crippen LogP contribution < -0.4 is 10.2 Å². The number of morpholine rings is 1. The standard InChI is InChI=1S/C16H23ClN2O2/c1-10-8-19(9-11(2)21-10)13(4)16(20)18-15-7-5-6-14(17)12(15)3/h5-7,10-11,13H,8-9H2,1-4H3,(H,18,20)/p+1/t10-,11+,13-/m1/s1. The highest BCUT2D eigenvalue weighted by atomic mass is 35.5. The fraction of sp³-hybridized carbons (Fsp3) is 0.562. The van der Waals surface area contributed by atoms with Gasteiger partial charge in [0.1, 0.15) is 25.3 Å². The molecule has 0 aromatic heterocycles. The molecule has 0 bridgehead atoms. The summed E-state index contributed by atoms with van der Waals surface area (Å²) in [6.07, 6.45) is 0.374. The highest BCUT2D eigenvalue weighted by Crippen LogP contribution is 2.22. The minimum Gasteiger partial charge on any atom is -0.364 e. The number of halogens is 1. The van der Waals surface area contributed by atoms with Crippen molar-refractivity contribution in [3.8, 4) is 0 Å². The molecule has 1 aliphatic heterocycles. The second-order valence-corrected chi connectivity index (χ2v) is 6.35. The van der Waals surface area contributed by atoms with Gasteiger partial charge in [0.05, 0.1) is 0 Å². The van der Waals surface area contributed by atoms with Crippen molar-refractivity contribution in [3.63, 3.8) is 0 Å². The Morgan fingerprint density at radius 3 is 2.62 bits per heavy atom. The quantitative estimate of drug-likeness (QED) is 0.892. The van der Waals surface area contributed by atoms with Gasteiger partial charge in [-0.1, -0.05) is 17.7 Å². The molecule has 0 saturated carbocycles. The molecule has 1 amide bonds. The number of hydrogen-bond acceptors (Lipinski definition) is 2. The van der Waals surface area contributed by atoms with Gasteiger partial charge in [0.15, 0.2) is 6.04 Å². The van der Waals surface area contributed by atoms with Gasteiger partial charge in [0.25, 0.3) is 5.91 Å². The number of benzene rings is 1. The second-order valence-electron chi connectivity index (χ2n) is 5.95. The first kappa shape index (κ1) is 16.3. The maximum absolute atomic E-state index is 12.5. The van der Waals surface area contributed by atoms with Crippen molar-refractivity contribution in [1.82, 2.24) is 0 Å². The van der Waals surface area contributed by atoms with Crippen LogP contribution in [0.4, 0.5) is 5.69 Å². The zero-order valence-corrected chi connectivity index (χ0v) is 13.8. The topological polar surface area (TPSA) is 42.8 Å². The third-order valence-electron chi connectivity index (χ3n) is 4.10. The van der Waals surface area contributed by atoms with Crippen LogP contribution in [0, 0.1) is 6.92 Å². The van der Waals surface area contributed by atoms with Crippen molar-refractivity contribution in [2.45, 2.75) is 45.9 Å². The Balaban J connectivity index is 2.04. The largest absolute Gasteiger partial charge is 0.364 e. The zero-order chi connectivity index (χ0) is 15.6. The number of rotatable bonds is 3. The van der Waals surface area contributed by atoms with Crippen LogP contribution in [0.25, 0.3) is 0 Å². The molecule has 0 radical (unpaired) electrons. The number of nitrogens with one attached hydrogen (secondary N) is 2. The molecule has 1 aliphatic rings. The number of carbonyl (C=O) groups excluding carboxylic acids is 1. The minimum absolute atomic E-state index is 0.0247. The monoisotopic (exact) mass is 311 g/mol. The van der Waals surface area contributed by atoms with Crippen molar-refractivity contribution < 1.29 is 14.4 Å². The van der Waals surface area contributed by atoms with Gasteiger partial charge in [-0.2, -0.15) is 0 Å². The van der Waals surface area contributed by atoms with Gasteiger partial charge in [0, 0.05) is 10.7 Å². The fourth-order valence-electron chi connectivity index (χ4n) is 2.84. The second kappa shape index (κ2) is 6.77. The Kier molecular flexibility index (Phi) is 5.25. The molecule has 4 atom stereocenters. The summed E-state index contributed by atoms with van der Waals surface area (Å²) in [5, 5.41) is 3.66. The van der Waals surface area contributed by atoms with E-state index >= 15 is 0 Å². The molecule has 1 saturated heterocycles. The van der Waals surface area contributed by atoms with E-state index in [1.807, 2.05) is 32.0 Å². The van der Waals surface area contributed by atoms with Gasteiger partial charge in [-0.25, -0.2) is 0 Å². The molecular formula is C16H24ClN2O2+. The summed E-state index contributed by atoms with van der Waals surface area (Å²) in [6.45, 7) is 9.70. The maximum atomic E-state index is 12.5. The van der Waals surface area contributed by atoms with E-state index in [1.165, 1.54) is 4.90 Å². The average Bonchev–Trinajstić information content (AvgIpc) is 2.42. The fourth-order valence-corrected chi connectivity index (χ4v) is 3.01. The molecule has 1 aromatic carbocycles. The summed E-state index contributed by atoms with van der Waals surface area (Å²) < 4.78 is 5.73. The predicted octanol–water partition coefficient (Wildman–Crippen LogP) is 1.67. The van der Waals surface area contributed by atoms with Crippen LogP contribution in [-0.2, 0) is 9.53 Å². The third kappa shape index (κ3) is 3.96. The van der Waals surface area contributed by atoms with Crippen LogP contribution in [-0.4, -0.2) is 37.2 Å². The molecule has 4 nitrogen and oxygen atoms in total. The summed E-state index contributed by atoms with van der Waals surface area (Å²) in [5.41, 5.74) is 1.69. The molecule has 1 heterocycles. The van der Waals surface area contributed by atoms with Crippen molar-refractivity contribution in [1.29, 1.82) is 0 Å². The summed E-state index contributed by atoms with van der Waals surface area (Å²) in [7, 11) is 0. The van der Waals surface area contributed by atoms with Gasteiger partial charge < -0.3 is 15.0 Å². The lowest BCUT2D eigenvalue weighted by Gasteiger charge is -2.35. The first-order valence-corrected chi connectivity index (χ1v) is 7.82. The molecule has 1 aromatic rings. The summed E-state index contributed by atoms with van der Waals surface area (Å²) in [4.78, 5) is 13.7. The van der Waals surface area contributed by atoms with Gasteiger partial charge in [-0.05, 0) is 45.4 Å². The van der Waals surface area contributed by atoms with Gasteiger partial charge in [0.2, 0.25) is 0 Å². The van der Waals surface area contributed by atoms with E-state index in [0.29, 0.717) is 5.02 Å². The summed E-state index contributed by atoms with van der Waals surface area (Å²) in [6, 6.07) is 5.44. The Morgan fingerprint density at radius 1 is 1.38 bits per heavy atom. The van der Waals surface area contributed by atoms with Crippen molar-refractivity contribution in [3.05, 3.63) is 28.8 Å². The molecule has 2 N–H and O–H groups in total. The van der Waals surface area contributed by atoms with Gasteiger partial charge in [-0.15, -0.1) is 0 Å². The first-order valence-electron chi connectivity index (χ1n) is 7.44. The molecular weight excluding hydrogens is 288 g/mol. The third-order valence-corrected chi connectivity index (χ3v) is 4.50. The van der Waals surface area contributed by atoms with E-state index in [4.69, 9.17) is 16.3 Å². The van der Waals surface area contributed by atoms with Crippen molar-refractivity contribution in [2.24, 2.45) is 0 Å². The van der Waals surface area contributed by atoms with E-state index in [-0.39, 0.29) is 24.2 Å². The average molecular weight is 312 g/mol. The van der Waals surface area contributed by atoms with E-state index in [2.05, 4.69) is 19.2 Å². The lowest BCUT2D eigenvalue weighted by molar-refractivity contribution is -0.928. The van der Waals surface area contributed by atoms with E-state index in [9.17, 15) is 4.79 Å².